The number of fused-ring (bicyclic) bond motifs is 3. The predicted octanol–water partition coefficient (Wildman–Crippen LogP) is -4.14. The zero-order chi connectivity index (χ0) is 69.8. The number of amides is 3. The van der Waals surface area contributed by atoms with Crippen LogP contribution in [0.1, 0.15) is 86.7 Å². The van der Waals surface area contributed by atoms with Crippen LogP contribution in [0.5, 0.6) is 0 Å². The number of aliphatic carboxylic acids is 6. The van der Waals surface area contributed by atoms with E-state index in [1.54, 1.807) is 36.4 Å². The summed E-state index contributed by atoms with van der Waals surface area (Å²) in [5.41, 5.74) is 19.3. The first-order valence-electron chi connectivity index (χ1n) is 27.9. The molecule has 39 nitrogen and oxygen atoms in total. The number of aromatic nitrogens is 12. The van der Waals surface area contributed by atoms with Crippen molar-refractivity contribution in [2.75, 3.05) is 33.2 Å². The third-order valence-corrected chi connectivity index (χ3v) is 13.0. The molecule has 0 aliphatic carbocycles. The Bertz CT molecular complexity index is 4140. The third-order valence-electron chi connectivity index (χ3n) is 13.0. The molecule has 3 atom stereocenters. The van der Waals surface area contributed by atoms with E-state index < -0.39 is 108 Å². The average Bonchev–Trinajstić information content (AvgIpc) is 0.854. The number of aromatic amines is 3. The summed E-state index contributed by atoms with van der Waals surface area (Å²) in [6.07, 6.45) is 1.99. The monoisotopic (exact) mass is 1370 g/mol. The van der Waals surface area contributed by atoms with Crippen LogP contribution in [0.15, 0.2) is 106 Å². The van der Waals surface area contributed by atoms with Gasteiger partial charge in [-0.15, -0.1) is 0 Å². The molecule has 40 heteroatoms. The number of nitrogens with one attached hydrogen (secondary N) is 9. The SMILES string of the molecule is Nc1nc2ncc(CNc3ccc(C(=O)NC(CCC(=O)[O-])C(=O)O)cc3)nc2c(=O)[nH]1.Nc1nc2ncc(CNc3ccc(C(=O)NC(CCC(=O)[O-])C(=O)O)cc3)nc2c(=O)[nH]1.Nc1nc2ncc(CNc3ccc(C(=O)NC(CCC(=O)[O-])C(=O)O)cc3)nc2c(=O)[nH]1.[Cr+3]. The topological polar surface area (TPSA) is 648 Å². The summed E-state index contributed by atoms with van der Waals surface area (Å²) < 4.78 is 0. The van der Waals surface area contributed by atoms with Crippen molar-refractivity contribution in [2.24, 2.45) is 0 Å². The molecule has 6 heterocycles. The molecule has 6 aromatic heterocycles. The molecule has 9 rings (SSSR count). The summed E-state index contributed by atoms with van der Waals surface area (Å²) in [7, 11) is 0. The fraction of sp³-hybridized carbons (Fsp3) is 0.211. The molecule has 3 amide bonds. The second-order valence-corrected chi connectivity index (χ2v) is 20.1. The van der Waals surface area contributed by atoms with E-state index in [2.05, 4.69) is 91.7 Å². The predicted molar refractivity (Wildman–Crippen MR) is 328 cm³/mol. The van der Waals surface area contributed by atoms with Gasteiger partial charge in [-0.05, 0) is 111 Å². The number of carboxylic acids is 6. The fourth-order valence-corrected chi connectivity index (χ4v) is 8.25. The Kier molecular flexibility index (Phi) is 25.6. The number of nitrogens with zero attached hydrogens (tertiary/aromatic N) is 9. The van der Waals surface area contributed by atoms with Gasteiger partial charge in [0.2, 0.25) is 17.8 Å². The first-order valence-corrected chi connectivity index (χ1v) is 27.9. The second-order valence-electron chi connectivity index (χ2n) is 20.1. The van der Waals surface area contributed by atoms with E-state index in [-0.39, 0.29) is 124 Å². The summed E-state index contributed by atoms with van der Waals surface area (Å²) in [4.78, 5) is 181. The minimum atomic E-state index is -1.40. The summed E-state index contributed by atoms with van der Waals surface area (Å²) >= 11 is 0. The van der Waals surface area contributed by atoms with Crippen molar-refractivity contribution in [2.45, 2.75) is 76.3 Å². The van der Waals surface area contributed by atoms with Crippen molar-refractivity contribution < 1.29 is 91.2 Å². The summed E-state index contributed by atoms with van der Waals surface area (Å²) in [5.74, 6) is -10.4. The van der Waals surface area contributed by atoms with Gasteiger partial charge in [0.25, 0.3) is 34.4 Å². The number of benzene rings is 3. The molecule has 0 saturated heterocycles. The third kappa shape index (κ3) is 21.8. The maximum Gasteiger partial charge on any atom is 3.00 e. The number of carbonyl (C=O) groups excluding carboxylic acids is 6. The number of rotatable bonds is 27. The number of hydrogen-bond acceptors (Lipinski definition) is 30. The van der Waals surface area contributed by atoms with Crippen molar-refractivity contribution >= 4 is 122 Å². The number of nitrogen functional groups attached to an aromatic ring is 3. The van der Waals surface area contributed by atoms with Crippen LogP contribution in [0.3, 0.4) is 0 Å². The van der Waals surface area contributed by atoms with Crippen molar-refractivity contribution in [3.05, 3.63) is 156 Å². The molecular formula is C57H54CrN21O18. The molecule has 97 heavy (non-hydrogen) atoms. The Morgan fingerprint density at radius 3 is 0.856 bits per heavy atom. The Balaban J connectivity index is 0.000000229. The minimum absolute atomic E-state index is 0. The largest absolute Gasteiger partial charge is 3.00 e. The van der Waals surface area contributed by atoms with Gasteiger partial charge in [-0.2, -0.15) is 15.0 Å². The van der Waals surface area contributed by atoms with E-state index in [0.717, 1.165) is 0 Å². The maximum atomic E-state index is 12.3. The molecule has 0 fully saturated rings. The molecule has 1 radical (unpaired) electrons. The number of H-pyrrole nitrogens is 3. The Labute approximate surface area is 552 Å². The van der Waals surface area contributed by atoms with Crippen molar-refractivity contribution in [1.29, 1.82) is 0 Å². The van der Waals surface area contributed by atoms with Crippen molar-refractivity contribution in [3.8, 4) is 0 Å². The molecule has 18 N–H and O–H groups in total. The zero-order valence-corrected chi connectivity index (χ0v) is 51.2. The number of carbonyl (C=O) groups is 9. The summed E-state index contributed by atoms with van der Waals surface area (Å²) in [5, 5.41) is 74.9. The van der Waals surface area contributed by atoms with Crippen LogP contribution in [0.25, 0.3) is 33.5 Å². The number of anilines is 6. The first-order chi connectivity index (χ1) is 45.7. The van der Waals surface area contributed by atoms with Crippen LogP contribution in [0, 0.1) is 0 Å². The van der Waals surface area contributed by atoms with Gasteiger partial charge in [-0.3, -0.25) is 43.7 Å². The van der Waals surface area contributed by atoms with Gasteiger partial charge in [0.15, 0.2) is 33.5 Å². The van der Waals surface area contributed by atoms with E-state index in [1.165, 1.54) is 55.0 Å². The number of nitrogens with two attached hydrogens (primary N) is 3. The smallest absolute Gasteiger partial charge is 0.550 e. The first kappa shape index (κ1) is 72.9. The number of hydrogen-bond donors (Lipinski definition) is 15. The molecule has 0 bridgehead atoms. The van der Waals surface area contributed by atoms with Gasteiger partial charge in [-0.25, -0.2) is 44.3 Å². The van der Waals surface area contributed by atoms with Crippen LogP contribution in [-0.2, 0) is 65.8 Å². The summed E-state index contributed by atoms with van der Waals surface area (Å²) in [6.45, 7) is 0.674. The van der Waals surface area contributed by atoms with Crippen molar-refractivity contribution in [1.82, 2.24) is 75.8 Å². The molecule has 9 aromatic rings. The molecular weight excluding hydrogens is 1320 g/mol. The van der Waals surface area contributed by atoms with Gasteiger partial charge in [0, 0.05) is 51.7 Å². The number of carboxylic acid groups (broad SMARTS) is 6. The van der Waals surface area contributed by atoms with Crippen LogP contribution in [0.2, 0.25) is 0 Å². The van der Waals surface area contributed by atoms with E-state index in [4.69, 9.17) is 32.5 Å². The van der Waals surface area contributed by atoms with E-state index in [9.17, 15) is 72.9 Å². The molecule has 3 aromatic carbocycles. The van der Waals surface area contributed by atoms with E-state index >= 15 is 0 Å². The molecule has 0 saturated carbocycles. The minimum Gasteiger partial charge on any atom is -0.550 e. The van der Waals surface area contributed by atoms with Gasteiger partial charge >= 0.3 is 35.3 Å². The van der Waals surface area contributed by atoms with Crippen LogP contribution < -0.4 is 81.1 Å². The fourth-order valence-electron chi connectivity index (χ4n) is 8.25. The van der Waals surface area contributed by atoms with Crippen LogP contribution >= 0.6 is 0 Å². The molecule has 0 aliphatic heterocycles. The molecule has 501 valence electrons. The van der Waals surface area contributed by atoms with Gasteiger partial charge in [0.1, 0.15) is 18.1 Å². The van der Waals surface area contributed by atoms with Crippen LogP contribution in [0.4, 0.5) is 34.9 Å². The van der Waals surface area contributed by atoms with Crippen molar-refractivity contribution in [3.63, 3.8) is 0 Å². The van der Waals surface area contributed by atoms with Gasteiger partial charge < -0.3 is 94.1 Å². The normalized spacial score (nSPS) is 11.5. The average molecular weight is 1370 g/mol. The zero-order valence-electron chi connectivity index (χ0n) is 49.9. The maximum absolute atomic E-state index is 12.3. The Morgan fingerprint density at radius 2 is 0.639 bits per heavy atom. The summed E-state index contributed by atoms with van der Waals surface area (Å²) in [6, 6.07) is 14.3. The Morgan fingerprint density at radius 1 is 0.402 bits per heavy atom. The standard InChI is InChI=1S/3C19H19N7O6.Cr/c3*20-19-25-15-14(17(30)26-19)23-11(8-22-15)7-21-10-3-1-9(2-4-10)16(29)24-12(18(31)32)5-6-13(27)28;/h3*1-4,8,12,21H,5-7H2,(H,24,29)(H,27,28)(H,31,32)(H3,20,22,25,26,30);/q;;;+3/p-3. The van der Waals surface area contributed by atoms with Gasteiger partial charge in [-0.1, -0.05) is 0 Å². The van der Waals surface area contributed by atoms with E-state index in [0.29, 0.717) is 34.1 Å². The van der Waals surface area contributed by atoms with Gasteiger partial charge in [0.05, 0.1) is 55.3 Å². The molecule has 0 spiro atoms. The second kappa shape index (κ2) is 34.0. The molecule has 3 unspecified atom stereocenters. The Hall–Kier alpha value is -13.1. The van der Waals surface area contributed by atoms with E-state index in [1.807, 2.05) is 0 Å². The molecule has 0 aliphatic rings. The van der Waals surface area contributed by atoms with Crippen LogP contribution in [-0.4, -0.2) is 147 Å². The quantitative estimate of drug-likeness (QED) is 0.0232.